The highest BCUT2D eigenvalue weighted by atomic mass is 32.2. The fourth-order valence-electron chi connectivity index (χ4n) is 1.18. The lowest BCUT2D eigenvalue weighted by Gasteiger charge is -2.10. The van der Waals surface area contributed by atoms with E-state index in [1.807, 2.05) is 6.92 Å². The van der Waals surface area contributed by atoms with Crippen molar-refractivity contribution >= 4 is 23.6 Å². The molecular weight excluding hydrogens is 226 g/mol. The van der Waals surface area contributed by atoms with Gasteiger partial charge in [0.1, 0.15) is 0 Å². The van der Waals surface area contributed by atoms with E-state index < -0.39 is 5.97 Å². The van der Waals surface area contributed by atoms with Crippen molar-refractivity contribution in [1.29, 1.82) is 0 Å². The largest absolute Gasteiger partial charge is 0.478 e. The Morgan fingerprint density at radius 2 is 1.94 bits per heavy atom. The summed E-state index contributed by atoms with van der Waals surface area (Å²) in [5.41, 5.74) is 5.45. The van der Waals surface area contributed by atoms with Crippen LogP contribution < -0.4 is 5.73 Å². The lowest BCUT2D eigenvalue weighted by Crippen LogP contribution is -2.24. The number of carboxylic acids is 1. The fourth-order valence-corrected chi connectivity index (χ4v) is 2.09. The number of carbonyl (C=O) groups excluding carboxylic acids is 1. The summed E-state index contributed by atoms with van der Waals surface area (Å²) >= 11 is 1.35. The van der Waals surface area contributed by atoms with Crippen LogP contribution in [0.2, 0.25) is 0 Å². The molecule has 1 atom stereocenters. The van der Waals surface area contributed by atoms with Gasteiger partial charge in [-0.15, -0.1) is 11.8 Å². The van der Waals surface area contributed by atoms with Crippen LogP contribution in [-0.4, -0.2) is 22.2 Å². The molecule has 86 valence electrons. The van der Waals surface area contributed by atoms with Gasteiger partial charge in [-0.05, 0) is 30.7 Å². The van der Waals surface area contributed by atoms with Gasteiger partial charge in [0.15, 0.2) is 0 Å². The Morgan fingerprint density at radius 1 is 1.38 bits per heavy atom. The zero-order valence-electron chi connectivity index (χ0n) is 8.84. The van der Waals surface area contributed by atoms with E-state index in [4.69, 9.17) is 10.8 Å². The smallest absolute Gasteiger partial charge is 0.335 e. The molecule has 16 heavy (non-hydrogen) atoms. The van der Waals surface area contributed by atoms with Crippen LogP contribution in [0.5, 0.6) is 0 Å². The minimum atomic E-state index is -0.960. The first-order chi connectivity index (χ1) is 7.54. The SMILES string of the molecule is CCC(Sc1ccc(C(=O)O)cc1)C(N)=O. The standard InChI is InChI=1S/C11H13NO3S/c1-2-9(10(12)13)16-8-5-3-7(4-6-8)11(14)15/h3-6,9H,2H2,1H3,(H2,12,13)(H,14,15). The number of amides is 1. The van der Waals surface area contributed by atoms with Crippen molar-refractivity contribution in [2.45, 2.75) is 23.5 Å². The van der Waals surface area contributed by atoms with Crippen molar-refractivity contribution in [3.05, 3.63) is 29.8 Å². The molecule has 1 aromatic rings. The van der Waals surface area contributed by atoms with Crippen LogP contribution >= 0.6 is 11.8 Å². The van der Waals surface area contributed by atoms with Gasteiger partial charge in [-0.2, -0.15) is 0 Å². The van der Waals surface area contributed by atoms with Gasteiger partial charge in [-0.25, -0.2) is 4.79 Å². The molecule has 0 spiro atoms. The van der Waals surface area contributed by atoms with Crippen molar-refractivity contribution in [3.63, 3.8) is 0 Å². The number of carbonyl (C=O) groups is 2. The number of hydrogen-bond donors (Lipinski definition) is 2. The molecular formula is C11H13NO3S. The number of carboxylic acid groups (broad SMARTS) is 1. The first-order valence-electron chi connectivity index (χ1n) is 4.84. The monoisotopic (exact) mass is 239 g/mol. The van der Waals surface area contributed by atoms with Crippen LogP contribution in [-0.2, 0) is 4.79 Å². The molecule has 1 amide bonds. The summed E-state index contributed by atoms with van der Waals surface area (Å²) in [6.07, 6.45) is 0.653. The van der Waals surface area contributed by atoms with Crippen molar-refractivity contribution in [3.8, 4) is 0 Å². The van der Waals surface area contributed by atoms with Crippen molar-refractivity contribution in [2.24, 2.45) is 5.73 Å². The molecule has 0 aliphatic rings. The molecule has 0 heterocycles. The third-order valence-electron chi connectivity index (χ3n) is 2.07. The lowest BCUT2D eigenvalue weighted by molar-refractivity contribution is -0.117. The van der Waals surface area contributed by atoms with Crippen LogP contribution in [0.1, 0.15) is 23.7 Å². The number of rotatable bonds is 5. The van der Waals surface area contributed by atoms with Gasteiger partial charge in [-0.3, -0.25) is 4.79 Å². The molecule has 1 aromatic carbocycles. The Morgan fingerprint density at radius 3 is 2.31 bits per heavy atom. The highest BCUT2D eigenvalue weighted by Gasteiger charge is 2.14. The van der Waals surface area contributed by atoms with Crippen molar-refractivity contribution in [1.82, 2.24) is 0 Å². The molecule has 1 unspecified atom stereocenters. The zero-order valence-corrected chi connectivity index (χ0v) is 9.66. The fraction of sp³-hybridized carbons (Fsp3) is 0.273. The van der Waals surface area contributed by atoms with E-state index in [1.54, 1.807) is 12.1 Å². The van der Waals surface area contributed by atoms with Gasteiger partial charge < -0.3 is 10.8 Å². The molecule has 5 heteroatoms. The molecule has 0 saturated carbocycles. The Balaban J connectivity index is 2.75. The van der Waals surface area contributed by atoms with Crippen LogP contribution in [0.3, 0.4) is 0 Å². The second-order valence-electron chi connectivity index (χ2n) is 3.25. The highest BCUT2D eigenvalue weighted by Crippen LogP contribution is 2.25. The normalized spacial score (nSPS) is 12.1. The van der Waals surface area contributed by atoms with Gasteiger partial charge in [0.05, 0.1) is 10.8 Å². The Hall–Kier alpha value is -1.49. The summed E-state index contributed by atoms with van der Waals surface area (Å²) in [5.74, 6) is -1.31. The number of hydrogen-bond acceptors (Lipinski definition) is 3. The molecule has 0 saturated heterocycles. The number of nitrogens with two attached hydrogens (primary N) is 1. The third-order valence-corrected chi connectivity index (χ3v) is 3.46. The Kier molecular flexibility index (Phi) is 4.37. The summed E-state index contributed by atoms with van der Waals surface area (Å²) in [7, 11) is 0. The second kappa shape index (κ2) is 5.55. The maximum Gasteiger partial charge on any atom is 0.335 e. The van der Waals surface area contributed by atoms with Gasteiger partial charge in [0.2, 0.25) is 5.91 Å². The minimum absolute atomic E-state index is 0.233. The van der Waals surface area contributed by atoms with Gasteiger partial charge in [0, 0.05) is 4.90 Å². The van der Waals surface area contributed by atoms with E-state index in [9.17, 15) is 9.59 Å². The zero-order chi connectivity index (χ0) is 12.1. The van der Waals surface area contributed by atoms with E-state index in [-0.39, 0.29) is 16.7 Å². The summed E-state index contributed by atoms with van der Waals surface area (Å²) in [5, 5.41) is 8.44. The molecule has 1 rings (SSSR count). The van der Waals surface area contributed by atoms with Gasteiger partial charge in [-0.1, -0.05) is 6.92 Å². The summed E-state index contributed by atoms with van der Waals surface area (Å²) in [4.78, 5) is 22.5. The van der Waals surface area contributed by atoms with Crippen LogP contribution in [0.4, 0.5) is 0 Å². The minimum Gasteiger partial charge on any atom is -0.478 e. The summed E-state index contributed by atoms with van der Waals surface area (Å²) in [6, 6.07) is 6.39. The van der Waals surface area contributed by atoms with Gasteiger partial charge >= 0.3 is 5.97 Å². The van der Waals surface area contributed by atoms with E-state index in [0.717, 1.165) is 4.90 Å². The molecule has 3 N–H and O–H groups in total. The molecule has 0 aliphatic heterocycles. The number of benzene rings is 1. The van der Waals surface area contributed by atoms with Gasteiger partial charge in [0.25, 0.3) is 0 Å². The molecule has 0 radical (unpaired) electrons. The van der Waals surface area contributed by atoms with E-state index >= 15 is 0 Å². The number of aromatic carboxylic acids is 1. The Bertz CT molecular complexity index is 389. The predicted molar refractivity (Wildman–Crippen MR) is 62.5 cm³/mol. The topological polar surface area (TPSA) is 80.4 Å². The maximum absolute atomic E-state index is 11.0. The van der Waals surface area contributed by atoms with E-state index in [2.05, 4.69) is 0 Å². The molecule has 0 fully saturated rings. The predicted octanol–water partition coefficient (Wildman–Crippen LogP) is 1.74. The second-order valence-corrected chi connectivity index (χ2v) is 4.52. The Labute approximate surface area is 97.8 Å². The van der Waals surface area contributed by atoms with Crippen LogP contribution in [0.15, 0.2) is 29.2 Å². The van der Waals surface area contributed by atoms with E-state index in [1.165, 1.54) is 23.9 Å². The van der Waals surface area contributed by atoms with Crippen LogP contribution in [0, 0.1) is 0 Å². The first kappa shape index (κ1) is 12.6. The quantitative estimate of drug-likeness (QED) is 0.767. The molecule has 4 nitrogen and oxygen atoms in total. The number of thioether (sulfide) groups is 1. The van der Waals surface area contributed by atoms with Crippen LogP contribution in [0.25, 0.3) is 0 Å². The molecule has 0 bridgehead atoms. The maximum atomic E-state index is 11.0. The average molecular weight is 239 g/mol. The first-order valence-corrected chi connectivity index (χ1v) is 5.72. The summed E-state index contributed by atoms with van der Waals surface area (Å²) in [6.45, 7) is 1.88. The third kappa shape index (κ3) is 3.27. The average Bonchev–Trinajstić information content (AvgIpc) is 2.26. The molecule has 0 aliphatic carbocycles. The highest BCUT2D eigenvalue weighted by molar-refractivity contribution is 8.00. The molecule has 0 aromatic heterocycles. The number of primary amides is 1. The van der Waals surface area contributed by atoms with Crippen molar-refractivity contribution in [2.75, 3.05) is 0 Å². The van der Waals surface area contributed by atoms with Crippen molar-refractivity contribution < 1.29 is 14.7 Å². The van der Waals surface area contributed by atoms with E-state index in [0.29, 0.717) is 6.42 Å². The lowest BCUT2D eigenvalue weighted by atomic mass is 10.2. The summed E-state index contributed by atoms with van der Waals surface area (Å²) < 4.78 is 0.